The molecule has 2 heterocycles. The molecule has 0 aliphatic rings. The van der Waals surface area contributed by atoms with Gasteiger partial charge in [-0.3, -0.25) is 4.68 Å². The summed E-state index contributed by atoms with van der Waals surface area (Å²) in [6, 6.07) is 6.08. The van der Waals surface area contributed by atoms with Gasteiger partial charge in [-0.05, 0) is 38.1 Å². The fourth-order valence-corrected chi connectivity index (χ4v) is 2.00. The van der Waals surface area contributed by atoms with E-state index in [2.05, 4.69) is 23.4 Å². The average molecular weight is 233 g/mol. The van der Waals surface area contributed by atoms with Crippen LogP contribution in [0.4, 0.5) is 0 Å². The Morgan fingerprint density at radius 3 is 2.88 bits per heavy atom. The van der Waals surface area contributed by atoms with Crippen LogP contribution in [0.15, 0.2) is 28.9 Å². The SMILES string of the molecule is CCCNC(c1ccco1)c1cc(C)nn1C. The predicted molar refractivity (Wildman–Crippen MR) is 66.8 cm³/mol. The number of rotatable bonds is 5. The van der Waals surface area contributed by atoms with E-state index in [-0.39, 0.29) is 6.04 Å². The summed E-state index contributed by atoms with van der Waals surface area (Å²) in [5.74, 6) is 0.932. The third-order valence-electron chi connectivity index (χ3n) is 2.76. The van der Waals surface area contributed by atoms with Crippen molar-refractivity contribution >= 4 is 0 Å². The van der Waals surface area contributed by atoms with Crippen molar-refractivity contribution in [2.24, 2.45) is 7.05 Å². The van der Waals surface area contributed by atoms with Crippen LogP contribution < -0.4 is 5.32 Å². The zero-order chi connectivity index (χ0) is 12.3. The number of nitrogens with one attached hydrogen (secondary N) is 1. The smallest absolute Gasteiger partial charge is 0.126 e. The summed E-state index contributed by atoms with van der Waals surface area (Å²) in [6.07, 6.45) is 2.80. The van der Waals surface area contributed by atoms with Crippen molar-refractivity contribution in [1.29, 1.82) is 0 Å². The summed E-state index contributed by atoms with van der Waals surface area (Å²) in [4.78, 5) is 0. The summed E-state index contributed by atoms with van der Waals surface area (Å²) in [5, 5.41) is 7.87. The van der Waals surface area contributed by atoms with E-state index in [0.717, 1.165) is 30.1 Å². The number of aryl methyl sites for hydroxylation is 2. The molecule has 4 nitrogen and oxygen atoms in total. The van der Waals surface area contributed by atoms with Gasteiger partial charge in [-0.2, -0.15) is 5.10 Å². The van der Waals surface area contributed by atoms with Crippen molar-refractivity contribution in [1.82, 2.24) is 15.1 Å². The van der Waals surface area contributed by atoms with Crippen molar-refractivity contribution < 1.29 is 4.42 Å². The molecule has 0 fully saturated rings. The van der Waals surface area contributed by atoms with Gasteiger partial charge in [-0.1, -0.05) is 6.92 Å². The topological polar surface area (TPSA) is 43.0 Å². The Balaban J connectivity index is 2.30. The summed E-state index contributed by atoms with van der Waals surface area (Å²) in [6.45, 7) is 5.11. The molecular formula is C13H19N3O. The minimum atomic E-state index is 0.0798. The zero-order valence-corrected chi connectivity index (χ0v) is 10.6. The third-order valence-corrected chi connectivity index (χ3v) is 2.76. The molecule has 1 unspecified atom stereocenters. The van der Waals surface area contributed by atoms with E-state index < -0.39 is 0 Å². The highest BCUT2D eigenvalue weighted by molar-refractivity contribution is 5.22. The average Bonchev–Trinajstić information content (AvgIpc) is 2.90. The quantitative estimate of drug-likeness (QED) is 0.862. The highest BCUT2D eigenvalue weighted by Gasteiger charge is 2.19. The molecule has 0 amide bonds. The van der Waals surface area contributed by atoms with E-state index in [9.17, 15) is 0 Å². The summed E-state index contributed by atoms with van der Waals surface area (Å²) < 4.78 is 7.42. The number of hydrogen-bond acceptors (Lipinski definition) is 3. The van der Waals surface area contributed by atoms with Gasteiger partial charge in [0.05, 0.1) is 17.7 Å². The molecule has 92 valence electrons. The highest BCUT2D eigenvalue weighted by atomic mass is 16.3. The molecule has 4 heteroatoms. The van der Waals surface area contributed by atoms with Crippen LogP contribution >= 0.6 is 0 Å². The third kappa shape index (κ3) is 2.58. The second-order valence-corrected chi connectivity index (χ2v) is 4.24. The summed E-state index contributed by atoms with van der Waals surface area (Å²) in [7, 11) is 1.96. The molecule has 2 aromatic heterocycles. The summed E-state index contributed by atoms with van der Waals surface area (Å²) >= 11 is 0. The Morgan fingerprint density at radius 1 is 1.53 bits per heavy atom. The highest BCUT2D eigenvalue weighted by Crippen LogP contribution is 2.22. The van der Waals surface area contributed by atoms with E-state index in [1.807, 2.05) is 30.8 Å². The maximum atomic E-state index is 5.51. The standard InChI is InChI=1S/C13H19N3O/c1-4-7-14-13(12-6-5-8-17-12)11-9-10(2)15-16(11)3/h5-6,8-9,13-14H,4,7H2,1-3H3. The van der Waals surface area contributed by atoms with E-state index in [1.165, 1.54) is 0 Å². The van der Waals surface area contributed by atoms with Crippen LogP contribution in [-0.2, 0) is 7.05 Å². The lowest BCUT2D eigenvalue weighted by Crippen LogP contribution is -2.24. The van der Waals surface area contributed by atoms with Crippen LogP contribution in [0.5, 0.6) is 0 Å². The van der Waals surface area contributed by atoms with Crippen molar-refractivity contribution in [3.05, 3.63) is 41.6 Å². The molecule has 0 saturated carbocycles. The van der Waals surface area contributed by atoms with Gasteiger partial charge in [-0.15, -0.1) is 0 Å². The van der Waals surface area contributed by atoms with E-state index >= 15 is 0 Å². The Hall–Kier alpha value is -1.55. The van der Waals surface area contributed by atoms with Crippen LogP contribution in [0.2, 0.25) is 0 Å². The molecule has 0 aromatic carbocycles. The van der Waals surface area contributed by atoms with Crippen LogP contribution in [-0.4, -0.2) is 16.3 Å². The van der Waals surface area contributed by atoms with Gasteiger partial charge in [0.15, 0.2) is 0 Å². The van der Waals surface area contributed by atoms with Gasteiger partial charge in [-0.25, -0.2) is 0 Å². The molecule has 0 aliphatic heterocycles. The van der Waals surface area contributed by atoms with Crippen molar-refractivity contribution in [3.8, 4) is 0 Å². The van der Waals surface area contributed by atoms with Crippen molar-refractivity contribution in [2.75, 3.05) is 6.54 Å². The van der Waals surface area contributed by atoms with E-state index in [4.69, 9.17) is 4.42 Å². The zero-order valence-electron chi connectivity index (χ0n) is 10.6. The molecular weight excluding hydrogens is 214 g/mol. The lowest BCUT2D eigenvalue weighted by Gasteiger charge is -2.16. The fraction of sp³-hybridized carbons (Fsp3) is 0.462. The molecule has 0 radical (unpaired) electrons. The molecule has 2 aromatic rings. The van der Waals surface area contributed by atoms with Crippen LogP contribution in [0.1, 0.15) is 36.5 Å². The summed E-state index contributed by atoms with van der Waals surface area (Å²) in [5.41, 5.74) is 2.16. The molecule has 1 N–H and O–H groups in total. The van der Waals surface area contributed by atoms with Gasteiger partial charge in [0.1, 0.15) is 11.8 Å². The molecule has 17 heavy (non-hydrogen) atoms. The lowest BCUT2D eigenvalue weighted by molar-refractivity contribution is 0.432. The maximum Gasteiger partial charge on any atom is 0.126 e. The first-order valence-electron chi connectivity index (χ1n) is 5.99. The van der Waals surface area contributed by atoms with Crippen molar-refractivity contribution in [2.45, 2.75) is 26.3 Å². The van der Waals surface area contributed by atoms with Gasteiger partial charge in [0.2, 0.25) is 0 Å². The molecule has 0 aliphatic carbocycles. The Kier molecular flexibility index (Phi) is 3.64. The first-order chi connectivity index (χ1) is 8.22. The largest absolute Gasteiger partial charge is 0.467 e. The van der Waals surface area contributed by atoms with Crippen LogP contribution in [0.25, 0.3) is 0 Å². The molecule has 0 spiro atoms. The Labute approximate surface area is 102 Å². The van der Waals surface area contributed by atoms with Crippen LogP contribution in [0, 0.1) is 6.92 Å². The molecule has 0 bridgehead atoms. The van der Waals surface area contributed by atoms with Crippen LogP contribution in [0.3, 0.4) is 0 Å². The molecule has 1 atom stereocenters. The maximum absolute atomic E-state index is 5.51. The van der Waals surface area contributed by atoms with Gasteiger partial charge >= 0.3 is 0 Å². The second kappa shape index (κ2) is 5.19. The van der Waals surface area contributed by atoms with Gasteiger partial charge in [0.25, 0.3) is 0 Å². The predicted octanol–water partition coefficient (Wildman–Crippen LogP) is 2.41. The van der Waals surface area contributed by atoms with E-state index in [1.54, 1.807) is 6.26 Å². The minimum absolute atomic E-state index is 0.0798. The second-order valence-electron chi connectivity index (χ2n) is 4.24. The Morgan fingerprint density at radius 2 is 2.35 bits per heavy atom. The lowest BCUT2D eigenvalue weighted by atomic mass is 10.1. The number of hydrogen-bond donors (Lipinski definition) is 1. The first kappa shape index (κ1) is 11.9. The normalized spacial score (nSPS) is 12.9. The fourth-order valence-electron chi connectivity index (χ4n) is 2.00. The number of aromatic nitrogens is 2. The minimum Gasteiger partial charge on any atom is -0.467 e. The first-order valence-corrected chi connectivity index (χ1v) is 5.99. The number of furan rings is 1. The van der Waals surface area contributed by atoms with E-state index in [0.29, 0.717) is 0 Å². The number of nitrogens with zero attached hydrogens (tertiary/aromatic N) is 2. The van der Waals surface area contributed by atoms with Gasteiger partial charge in [0, 0.05) is 7.05 Å². The van der Waals surface area contributed by atoms with Gasteiger partial charge < -0.3 is 9.73 Å². The monoisotopic (exact) mass is 233 g/mol. The van der Waals surface area contributed by atoms with Crippen molar-refractivity contribution in [3.63, 3.8) is 0 Å². The molecule has 2 rings (SSSR count). The molecule has 0 saturated heterocycles. The Bertz CT molecular complexity index is 459.